The van der Waals surface area contributed by atoms with Crippen molar-refractivity contribution in [3.63, 3.8) is 0 Å². The molecule has 26 heavy (non-hydrogen) atoms. The van der Waals surface area contributed by atoms with Crippen molar-refractivity contribution in [2.24, 2.45) is 5.92 Å². The summed E-state index contributed by atoms with van der Waals surface area (Å²) < 4.78 is 17.3. The Morgan fingerprint density at radius 2 is 2.19 bits per heavy atom. The Bertz CT molecular complexity index is 678. The summed E-state index contributed by atoms with van der Waals surface area (Å²) in [6, 6.07) is 0. The SMILES string of the molecule is CCOC(=O)c1cnn(C=CC(C)(C)N2CCOC2=O)c1OCC(C)C. The highest BCUT2D eigenvalue weighted by Crippen LogP contribution is 2.24. The van der Waals surface area contributed by atoms with Crippen molar-refractivity contribution in [3.05, 3.63) is 17.8 Å². The summed E-state index contributed by atoms with van der Waals surface area (Å²) in [5.74, 6) is 0.134. The van der Waals surface area contributed by atoms with Gasteiger partial charge in [0, 0.05) is 6.20 Å². The fourth-order valence-electron chi connectivity index (χ4n) is 2.46. The largest absolute Gasteiger partial charge is 0.477 e. The van der Waals surface area contributed by atoms with Gasteiger partial charge < -0.3 is 14.2 Å². The summed E-state index contributed by atoms with van der Waals surface area (Å²) in [6.45, 7) is 11.2. The van der Waals surface area contributed by atoms with Gasteiger partial charge in [-0.25, -0.2) is 14.3 Å². The Morgan fingerprint density at radius 3 is 2.77 bits per heavy atom. The van der Waals surface area contributed by atoms with Gasteiger partial charge in [-0.3, -0.25) is 4.90 Å². The molecular weight excluding hydrogens is 338 g/mol. The first-order valence-corrected chi connectivity index (χ1v) is 8.77. The number of ether oxygens (including phenoxy) is 3. The van der Waals surface area contributed by atoms with E-state index in [1.54, 1.807) is 18.0 Å². The molecule has 2 heterocycles. The van der Waals surface area contributed by atoms with Gasteiger partial charge in [-0.15, -0.1) is 0 Å². The van der Waals surface area contributed by atoms with Gasteiger partial charge in [0.1, 0.15) is 12.2 Å². The predicted octanol–water partition coefficient (Wildman–Crippen LogP) is 2.80. The van der Waals surface area contributed by atoms with Crippen molar-refractivity contribution in [1.82, 2.24) is 14.7 Å². The second kappa shape index (κ2) is 8.25. The van der Waals surface area contributed by atoms with Crippen LogP contribution in [0.25, 0.3) is 6.20 Å². The van der Waals surface area contributed by atoms with Crippen LogP contribution in [-0.4, -0.2) is 58.6 Å². The minimum absolute atomic E-state index is 0.271. The standard InChI is InChI=1S/C18H27N3O5/c1-6-24-16(22)14-11-19-21(15(14)26-12-13(2)3)8-7-18(4,5)20-9-10-25-17(20)23/h7-8,11,13H,6,9-10,12H2,1-5H3. The number of esters is 1. The first kappa shape index (κ1) is 19.8. The fraction of sp³-hybridized carbons (Fsp3) is 0.611. The van der Waals surface area contributed by atoms with E-state index in [-0.39, 0.29) is 24.2 Å². The summed E-state index contributed by atoms with van der Waals surface area (Å²) >= 11 is 0. The number of hydrogen-bond donors (Lipinski definition) is 0. The van der Waals surface area contributed by atoms with E-state index in [0.29, 0.717) is 25.6 Å². The maximum Gasteiger partial charge on any atom is 0.410 e. The van der Waals surface area contributed by atoms with E-state index in [1.807, 2.05) is 33.8 Å². The molecule has 0 spiro atoms. The number of cyclic esters (lactones) is 1. The lowest BCUT2D eigenvalue weighted by molar-refractivity contribution is 0.0520. The van der Waals surface area contributed by atoms with Crippen LogP contribution in [0.15, 0.2) is 12.3 Å². The average Bonchev–Trinajstić information content (AvgIpc) is 3.17. The molecule has 1 amide bonds. The van der Waals surface area contributed by atoms with E-state index in [0.717, 1.165) is 0 Å². The van der Waals surface area contributed by atoms with Crippen molar-refractivity contribution >= 4 is 18.3 Å². The molecule has 0 aliphatic carbocycles. The zero-order valence-electron chi connectivity index (χ0n) is 16.0. The molecule has 1 fully saturated rings. The quantitative estimate of drug-likeness (QED) is 0.659. The van der Waals surface area contributed by atoms with Crippen LogP contribution in [0.4, 0.5) is 4.79 Å². The molecule has 0 saturated carbocycles. The van der Waals surface area contributed by atoms with Crippen molar-refractivity contribution in [2.45, 2.75) is 40.2 Å². The third-order valence-electron chi connectivity index (χ3n) is 3.88. The first-order valence-electron chi connectivity index (χ1n) is 8.77. The van der Waals surface area contributed by atoms with Crippen molar-refractivity contribution < 1.29 is 23.8 Å². The molecule has 1 aliphatic heterocycles. The number of aromatic nitrogens is 2. The third-order valence-corrected chi connectivity index (χ3v) is 3.88. The van der Waals surface area contributed by atoms with Gasteiger partial charge in [0.05, 0.1) is 31.5 Å². The molecule has 1 aliphatic rings. The van der Waals surface area contributed by atoms with Gasteiger partial charge in [-0.05, 0) is 32.8 Å². The van der Waals surface area contributed by atoms with E-state index >= 15 is 0 Å². The predicted molar refractivity (Wildman–Crippen MR) is 96.0 cm³/mol. The summed E-state index contributed by atoms with van der Waals surface area (Å²) in [4.78, 5) is 25.6. The summed E-state index contributed by atoms with van der Waals surface area (Å²) in [5, 5.41) is 4.22. The normalized spacial score (nSPS) is 15.0. The Balaban J connectivity index is 2.26. The minimum atomic E-state index is -0.570. The van der Waals surface area contributed by atoms with Gasteiger partial charge in [0.15, 0.2) is 0 Å². The van der Waals surface area contributed by atoms with Gasteiger partial charge in [0.2, 0.25) is 5.88 Å². The van der Waals surface area contributed by atoms with E-state index in [2.05, 4.69) is 5.10 Å². The number of carbonyl (C=O) groups is 2. The van der Waals surface area contributed by atoms with E-state index in [4.69, 9.17) is 14.2 Å². The van der Waals surface area contributed by atoms with Crippen LogP contribution in [-0.2, 0) is 9.47 Å². The third kappa shape index (κ3) is 4.56. The fourth-order valence-corrected chi connectivity index (χ4v) is 2.46. The summed E-state index contributed by atoms with van der Waals surface area (Å²) in [6.07, 6.45) is 4.59. The van der Waals surface area contributed by atoms with Crippen LogP contribution < -0.4 is 4.74 Å². The van der Waals surface area contributed by atoms with Crippen molar-refractivity contribution in [3.8, 4) is 5.88 Å². The molecule has 0 radical (unpaired) electrons. The van der Waals surface area contributed by atoms with Crippen molar-refractivity contribution in [2.75, 3.05) is 26.4 Å². The van der Waals surface area contributed by atoms with Crippen LogP contribution in [0.3, 0.4) is 0 Å². The highest BCUT2D eigenvalue weighted by Gasteiger charge is 2.34. The highest BCUT2D eigenvalue weighted by molar-refractivity contribution is 5.92. The van der Waals surface area contributed by atoms with Gasteiger partial charge in [0.25, 0.3) is 0 Å². The number of carbonyl (C=O) groups excluding carboxylic acids is 2. The van der Waals surface area contributed by atoms with Crippen LogP contribution in [0.5, 0.6) is 5.88 Å². The molecule has 1 aromatic heterocycles. The second-order valence-electron chi connectivity index (χ2n) is 6.97. The number of nitrogens with zero attached hydrogens (tertiary/aromatic N) is 3. The minimum Gasteiger partial charge on any atom is -0.477 e. The molecule has 8 heteroatoms. The lowest BCUT2D eigenvalue weighted by atomic mass is 10.0. The van der Waals surface area contributed by atoms with Gasteiger partial charge in [-0.2, -0.15) is 5.10 Å². The Kier molecular flexibility index (Phi) is 6.28. The van der Waals surface area contributed by atoms with E-state index < -0.39 is 11.5 Å². The van der Waals surface area contributed by atoms with E-state index in [9.17, 15) is 9.59 Å². The smallest absolute Gasteiger partial charge is 0.410 e. The lowest BCUT2D eigenvalue weighted by Crippen LogP contribution is -2.42. The first-order chi connectivity index (χ1) is 12.3. The summed E-state index contributed by atoms with van der Waals surface area (Å²) in [7, 11) is 0. The Hall–Kier alpha value is -2.51. The molecule has 144 valence electrons. The Morgan fingerprint density at radius 1 is 1.46 bits per heavy atom. The zero-order chi connectivity index (χ0) is 19.3. The maximum atomic E-state index is 12.1. The topological polar surface area (TPSA) is 82.9 Å². The lowest BCUT2D eigenvalue weighted by Gasteiger charge is -2.30. The van der Waals surface area contributed by atoms with Gasteiger partial charge in [-0.1, -0.05) is 13.8 Å². The molecule has 1 saturated heterocycles. The zero-order valence-corrected chi connectivity index (χ0v) is 16.0. The van der Waals surface area contributed by atoms with Crippen LogP contribution in [0, 0.1) is 5.92 Å². The number of amides is 1. The molecule has 0 aromatic carbocycles. The molecule has 0 atom stereocenters. The molecular formula is C18H27N3O5. The summed E-state index contributed by atoms with van der Waals surface area (Å²) in [5.41, 5.74) is -0.297. The Labute approximate surface area is 153 Å². The molecule has 2 rings (SSSR count). The monoisotopic (exact) mass is 365 g/mol. The highest BCUT2D eigenvalue weighted by atomic mass is 16.6. The van der Waals surface area contributed by atoms with Crippen LogP contribution in [0.2, 0.25) is 0 Å². The van der Waals surface area contributed by atoms with E-state index in [1.165, 1.54) is 10.9 Å². The molecule has 1 aromatic rings. The number of hydrogen-bond acceptors (Lipinski definition) is 6. The van der Waals surface area contributed by atoms with Crippen molar-refractivity contribution in [1.29, 1.82) is 0 Å². The second-order valence-corrected chi connectivity index (χ2v) is 6.97. The maximum absolute atomic E-state index is 12.1. The molecule has 8 nitrogen and oxygen atoms in total. The molecule has 0 unspecified atom stereocenters. The average molecular weight is 365 g/mol. The molecule has 0 N–H and O–H groups in total. The van der Waals surface area contributed by atoms with Crippen LogP contribution in [0.1, 0.15) is 45.0 Å². The number of rotatable bonds is 8. The molecule has 0 bridgehead atoms. The van der Waals surface area contributed by atoms with Crippen LogP contribution >= 0.6 is 0 Å². The van der Waals surface area contributed by atoms with Gasteiger partial charge >= 0.3 is 12.1 Å².